The van der Waals surface area contributed by atoms with Crippen molar-refractivity contribution in [2.75, 3.05) is 20.1 Å². The summed E-state index contributed by atoms with van der Waals surface area (Å²) in [6.07, 6.45) is 5.15. The van der Waals surface area contributed by atoms with E-state index in [1.807, 2.05) is 10.8 Å². The summed E-state index contributed by atoms with van der Waals surface area (Å²) in [5.41, 5.74) is 0. The summed E-state index contributed by atoms with van der Waals surface area (Å²) in [6, 6.07) is -0.275. The van der Waals surface area contributed by atoms with E-state index >= 15 is 0 Å². The maximum atomic E-state index is 11.6. The lowest BCUT2D eigenvalue weighted by Crippen LogP contribution is -2.41. The van der Waals surface area contributed by atoms with Gasteiger partial charge in [-0.2, -0.15) is 0 Å². The van der Waals surface area contributed by atoms with Gasteiger partial charge in [-0.1, -0.05) is 6.92 Å². The van der Waals surface area contributed by atoms with E-state index in [2.05, 4.69) is 10.3 Å². The second kappa shape index (κ2) is 6.63. The first-order valence-corrected chi connectivity index (χ1v) is 5.68. The first-order chi connectivity index (χ1) is 8.50. The van der Waals surface area contributed by atoms with E-state index in [0.717, 1.165) is 0 Å². The maximum absolute atomic E-state index is 11.6. The molecular weight excluding hydrogens is 236 g/mol. The number of rotatable bonds is 6. The summed E-state index contributed by atoms with van der Waals surface area (Å²) in [6.45, 7) is 2.86. The predicted molar refractivity (Wildman–Crippen MR) is 65.1 cm³/mol. The Balaban J connectivity index is 2.25. The van der Waals surface area contributed by atoms with Crippen molar-refractivity contribution in [3.8, 4) is 0 Å². The summed E-state index contributed by atoms with van der Waals surface area (Å²) in [5, 5.41) is 11.5. The van der Waals surface area contributed by atoms with Crippen LogP contribution in [0.3, 0.4) is 0 Å². The molecule has 0 saturated carbocycles. The second-order valence-corrected chi connectivity index (χ2v) is 4.15. The summed E-state index contributed by atoms with van der Waals surface area (Å²) >= 11 is 0. The highest BCUT2D eigenvalue weighted by Gasteiger charge is 2.16. The van der Waals surface area contributed by atoms with Crippen LogP contribution in [0.25, 0.3) is 0 Å². The molecule has 100 valence electrons. The number of urea groups is 1. The number of aliphatic carboxylic acids is 1. The standard InChI is InChI=1S/C11H18N4O3/c1-9(10(16)17)7-14(2)11(18)13-4-6-15-5-3-12-8-15/h3,5,8-9H,4,6-7H2,1-2H3,(H,13,18)(H,16,17). The zero-order valence-corrected chi connectivity index (χ0v) is 10.5. The number of carboxylic acid groups (broad SMARTS) is 1. The molecule has 7 nitrogen and oxygen atoms in total. The van der Waals surface area contributed by atoms with Crippen LogP contribution in [0.4, 0.5) is 4.79 Å². The molecule has 0 aromatic carbocycles. The molecule has 0 aliphatic rings. The SMILES string of the molecule is CC(CN(C)C(=O)NCCn1ccnc1)C(=O)O. The molecule has 1 heterocycles. The van der Waals surface area contributed by atoms with Crippen molar-refractivity contribution in [2.45, 2.75) is 13.5 Å². The first-order valence-electron chi connectivity index (χ1n) is 5.68. The minimum absolute atomic E-state index is 0.187. The predicted octanol–water partition coefficient (Wildman–Crippen LogP) is 0.245. The number of amides is 2. The molecule has 0 saturated heterocycles. The number of nitrogens with zero attached hydrogens (tertiary/aromatic N) is 3. The van der Waals surface area contributed by atoms with Gasteiger partial charge in [0.05, 0.1) is 12.2 Å². The second-order valence-electron chi connectivity index (χ2n) is 4.15. The van der Waals surface area contributed by atoms with Crippen LogP contribution >= 0.6 is 0 Å². The molecule has 0 spiro atoms. The molecule has 1 atom stereocenters. The van der Waals surface area contributed by atoms with Gasteiger partial charge in [0.25, 0.3) is 0 Å². The topological polar surface area (TPSA) is 87.5 Å². The molecule has 0 bridgehead atoms. The summed E-state index contributed by atoms with van der Waals surface area (Å²) < 4.78 is 1.85. The largest absolute Gasteiger partial charge is 0.481 e. The van der Waals surface area contributed by atoms with E-state index in [-0.39, 0.29) is 12.6 Å². The highest BCUT2D eigenvalue weighted by Crippen LogP contribution is 1.98. The number of aromatic nitrogens is 2. The minimum Gasteiger partial charge on any atom is -0.481 e. The Morgan fingerprint density at radius 2 is 2.28 bits per heavy atom. The molecule has 2 N–H and O–H groups in total. The molecule has 1 aromatic heterocycles. The van der Waals surface area contributed by atoms with E-state index in [9.17, 15) is 9.59 Å². The highest BCUT2D eigenvalue weighted by atomic mass is 16.4. The van der Waals surface area contributed by atoms with Gasteiger partial charge >= 0.3 is 12.0 Å². The number of carboxylic acids is 1. The van der Waals surface area contributed by atoms with E-state index in [1.165, 1.54) is 4.90 Å². The van der Waals surface area contributed by atoms with Crippen molar-refractivity contribution in [3.63, 3.8) is 0 Å². The van der Waals surface area contributed by atoms with Crippen LogP contribution in [0, 0.1) is 5.92 Å². The lowest BCUT2D eigenvalue weighted by Gasteiger charge is -2.20. The fourth-order valence-electron chi connectivity index (χ4n) is 1.42. The molecule has 7 heteroatoms. The molecule has 18 heavy (non-hydrogen) atoms. The molecule has 2 amide bonds. The third kappa shape index (κ3) is 4.44. The summed E-state index contributed by atoms with van der Waals surface area (Å²) in [5.74, 6) is -1.48. The smallest absolute Gasteiger partial charge is 0.317 e. The van der Waals surface area contributed by atoms with Crippen molar-refractivity contribution in [1.29, 1.82) is 0 Å². The van der Waals surface area contributed by atoms with Crippen molar-refractivity contribution in [3.05, 3.63) is 18.7 Å². The van der Waals surface area contributed by atoms with E-state index in [4.69, 9.17) is 5.11 Å². The van der Waals surface area contributed by atoms with Crippen molar-refractivity contribution in [1.82, 2.24) is 19.8 Å². The number of carbonyl (C=O) groups is 2. The van der Waals surface area contributed by atoms with Crippen LogP contribution in [0.15, 0.2) is 18.7 Å². The first kappa shape index (κ1) is 14.0. The van der Waals surface area contributed by atoms with Crippen molar-refractivity contribution < 1.29 is 14.7 Å². The average Bonchev–Trinajstić information content (AvgIpc) is 2.81. The van der Waals surface area contributed by atoms with E-state index in [0.29, 0.717) is 13.1 Å². The van der Waals surface area contributed by atoms with Crippen LogP contribution < -0.4 is 5.32 Å². The van der Waals surface area contributed by atoms with Gasteiger partial charge in [-0.25, -0.2) is 9.78 Å². The van der Waals surface area contributed by atoms with Gasteiger partial charge in [-0.05, 0) is 0 Å². The van der Waals surface area contributed by atoms with Gasteiger partial charge in [0.1, 0.15) is 0 Å². The minimum atomic E-state index is -0.909. The molecule has 1 unspecified atom stereocenters. The average molecular weight is 254 g/mol. The lowest BCUT2D eigenvalue weighted by molar-refractivity contribution is -0.141. The lowest BCUT2D eigenvalue weighted by atomic mass is 10.2. The fourth-order valence-corrected chi connectivity index (χ4v) is 1.42. The number of hydrogen-bond donors (Lipinski definition) is 2. The van der Waals surface area contributed by atoms with Gasteiger partial charge in [-0.15, -0.1) is 0 Å². The summed E-state index contributed by atoms with van der Waals surface area (Å²) in [7, 11) is 1.58. The van der Waals surface area contributed by atoms with Gasteiger partial charge in [0.2, 0.25) is 0 Å². The zero-order valence-electron chi connectivity index (χ0n) is 10.5. The van der Waals surface area contributed by atoms with E-state index < -0.39 is 11.9 Å². The number of hydrogen-bond acceptors (Lipinski definition) is 3. The molecule has 0 fully saturated rings. The normalized spacial score (nSPS) is 11.9. The molecule has 0 radical (unpaired) electrons. The maximum Gasteiger partial charge on any atom is 0.317 e. The van der Waals surface area contributed by atoms with Crippen LogP contribution in [0.1, 0.15) is 6.92 Å². The van der Waals surface area contributed by atoms with Crippen molar-refractivity contribution in [2.24, 2.45) is 5.92 Å². The van der Waals surface area contributed by atoms with Gasteiger partial charge in [0, 0.05) is 39.1 Å². The molecule has 1 rings (SSSR count). The number of nitrogens with one attached hydrogen (secondary N) is 1. The Hall–Kier alpha value is -2.05. The van der Waals surface area contributed by atoms with Crippen LogP contribution in [-0.2, 0) is 11.3 Å². The van der Waals surface area contributed by atoms with Gasteiger partial charge < -0.3 is 19.9 Å². The Labute approximate surface area is 105 Å². The molecule has 0 aliphatic heterocycles. The van der Waals surface area contributed by atoms with Crippen LogP contribution in [0.5, 0.6) is 0 Å². The van der Waals surface area contributed by atoms with Crippen LogP contribution in [-0.4, -0.2) is 51.7 Å². The third-order valence-corrected chi connectivity index (χ3v) is 2.52. The van der Waals surface area contributed by atoms with E-state index in [1.54, 1.807) is 26.5 Å². The molecule has 1 aromatic rings. The zero-order chi connectivity index (χ0) is 13.5. The Morgan fingerprint density at radius 1 is 1.56 bits per heavy atom. The summed E-state index contributed by atoms with van der Waals surface area (Å²) in [4.78, 5) is 27.5. The fraction of sp³-hybridized carbons (Fsp3) is 0.545. The number of carbonyl (C=O) groups excluding carboxylic acids is 1. The Kier molecular flexibility index (Phi) is 5.16. The van der Waals surface area contributed by atoms with Crippen molar-refractivity contribution >= 4 is 12.0 Å². The third-order valence-electron chi connectivity index (χ3n) is 2.52. The van der Waals surface area contributed by atoms with Crippen LogP contribution in [0.2, 0.25) is 0 Å². The Morgan fingerprint density at radius 3 is 2.83 bits per heavy atom. The Bertz CT molecular complexity index is 391. The molecular formula is C11H18N4O3. The quantitative estimate of drug-likeness (QED) is 0.761. The highest BCUT2D eigenvalue weighted by molar-refractivity contribution is 5.75. The number of imidazole rings is 1. The van der Waals surface area contributed by atoms with Gasteiger partial charge in [-0.3, -0.25) is 4.79 Å². The van der Waals surface area contributed by atoms with Gasteiger partial charge in [0.15, 0.2) is 0 Å². The molecule has 0 aliphatic carbocycles. The monoisotopic (exact) mass is 254 g/mol.